The molecule has 3 atom stereocenters. The van der Waals surface area contributed by atoms with E-state index in [1.165, 1.54) is 16.7 Å². The van der Waals surface area contributed by atoms with Crippen molar-refractivity contribution in [3.8, 4) is 11.1 Å². The minimum absolute atomic E-state index is 0.0578. The average molecular weight is 483 g/mol. The van der Waals surface area contributed by atoms with Gasteiger partial charge in [0.05, 0.1) is 6.04 Å². The van der Waals surface area contributed by atoms with E-state index in [2.05, 4.69) is 29.6 Å². The van der Waals surface area contributed by atoms with E-state index < -0.39 is 36.2 Å². The molecule has 178 valence electrons. The number of rotatable bonds is 5. The van der Waals surface area contributed by atoms with E-state index >= 15 is 0 Å². The maximum atomic E-state index is 13.1. The molecule has 1 aliphatic carbocycles. The van der Waals surface area contributed by atoms with Crippen LogP contribution in [0.4, 0.5) is 4.79 Å². The highest BCUT2D eigenvalue weighted by atomic mass is 32.2. The maximum absolute atomic E-state index is 13.1. The third-order valence-electron chi connectivity index (χ3n) is 6.68. The topological polar surface area (TPSA) is 105 Å². The molecule has 3 aliphatic rings. The predicted octanol–water partition coefficient (Wildman–Crippen LogP) is 2.71. The first kappa shape index (κ1) is 22.7. The van der Waals surface area contributed by atoms with Crippen molar-refractivity contribution in [2.75, 3.05) is 31.3 Å². The van der Waals surface area contributed by atoms with Crippen LogP contribution in [0, 0.1) is 0 Å². The van der Waals surface area contributed by atoms with E-state index in [1.54, 1.807) is 0 Å². The molecule has 0 aromatic heterocycles. The van der Waals surface area contributed by atoms with Crippen LogP contribution in [0.3, 0.4) is 0 Å². The summed E-state index contributed by atoms with van der Waals surface area (Å²) in [6.07, 6.45) is -1.06. The van der Waals surface area contributed by atoms with Crippen LogP contribution in [0.15, 0.2) is 48.5 Å². The fourth-order valence-corrected chi connectivity index (χ4v) is 6.05. The van der Waals surface area contributed by atoms with E-state index in [4.69, 9.17) is 9.47 Å². The van der Waals surface area contributed by atoms with Crippen LogP contribution >= 0.6 is 11.8 Å². The molecule has 2 saturated heterocycles. The number of nitrogens with zero attached hydrogens (tertiary/aromatic N) is 1. The largest absolute Gasteiger partial charge is 0.480 e. The first-order chi connectivity index (χ1) is 16.5. The van der Waals surface area contributed by atoms with Crippen LogP contribution in [-0.4, -0.2) is 77.4 Å². The molecule has 2 amide bonds. The number of alkyl carbamates (subject to hydrolysis) is 1. The predicted molar refractivity (Wildman–Crippen MR) is 127 cm³/mol. The highest BCUT2D eigenvalue weighted by Crippen LogP contribution is 2.44. The summed E-state index contributed by atoms with van der Waals surface area (Å²) in [6, 6.07) is 14.8. The molecule has 2 aliphatic heterocycles. The molecule has 0 saturated carbocycles. The lowest BCUT2D eigenvalue weighted by molar-refractivity contribution is -0.154. The lowest BCUT2D eigenvalue weighted by Gasteiger charge is -2.35. The number of hydrogen-bond acceptors (Lipinski definition) is 6. The summed E-state index contributed by atoms with van der Waals surface area (Å²) in [6.45, 7) is 0.833. The zero-order chi connectivity index (χ0) is 23.7. The number of carboxylic acid groups (broad SMARTS) is 1. The Hall–Kier alpha value is -3.04. The Morgan fingerprint density at radius 1 is 1.09 bits per heavy atom. The zero-order valence-corrected chi connectivity index (χ0v) is 19.3. The van der Waals surface area contributed by atoms with Crippen LogP contribution in [0.25, 0.3) is 11.1 Å². The Labute approximate surface area is 201 Å². The third kappa shape index (κ3) is 4.25. The Balaban J connectivity index is 1.23. The Bertz CT molecular complexity index is 1060. The third-order valence-corrected chi connectivity index (χ3v) is 7.70. The number of fused-ring (bicyclic) bond motifs is 3. The standard InChI is InChI=1S/C25H26N2O6S/c28-23(27-10-12-34-14-21(27)24(29)30)22-20(9-11-32-22)26-25(31)33-13-19-17-7-3-1-5-15(17)16-6-2-4-8-18(16)19/h1-8,19-22H,9-14H2,(H,26,31)(H,29,30)/t20-,21?,22+/m0/s1. The molecule has 2 aromatic rings. The smallest absolute Gasteiger partial charge is 0.407 e. The molecule has 1 unspecified atom stereocenters. The van der Waals surface area contributed by atoms with Gasteiger partial charge in [0.25, 0.3) is 5.91 Å². The van der Waals surface area contributed by atoms with Gasteiger partial charge in [0.2, 0.25) is 0 Å². The summed E-state index contributed by atoms with van der Waals surface area (Å²) >= 11 is 1.51. The van der Waals surface area contributed by atoms with E-state index in [9.17, 15) is 19.5 Å². The molecule has 0 spiro atoms. The normalized spacial score (nSPS) is 23.8. The lowest BCUT2D eigenvalue weighted by atomic mass is 9.98. The second-order valence-electron chi connectivity index (χ2n) is 8.62. The second-order valence-corrected chi connectivity index (χ2v) is 9.77. The first-order valence-electron chi connectivity index (χ1n) is 11.4. The number of thioether (sulfide) groups is 1. The molecule has 2 N–H and O–H groups in total. The fourth-order valence-electron chi connectivity index (χ4n) is 5.01. The van der Waals surface area contributed by atoms with E-state index in [0.29, 0.717) is 31.1 Å². The maximum Gasteiger partial charge on any atom is 0.407 e. The van der Waals surface area contributed by atoms with Crippen molar-refractivity contribution in [3.63, 3.8) is 0 Å². The van der Waals surface area contributed by atoms with Gasteiger partial charge in [-0.2, -0.15) is 11.8 Å². The van der Waals surface area contributed by atoms with Gasteiger partial charge in [0.15, 0.2) is 6.10 Å². The van der Waals surface area contributed by atoms with Crippen LogP contribution in [0.5, 0.6) is 0 Å². The molecule has 0 bridgehead atoms. The molecular formula is C25H26N2O6S. The molecule has 9 heteroatoms. The van der Waals surface area contributed by atoms with Crippen LogP contribution in [-0.2, 0) is 19.1 Å². The van der Waals surface area contributed by atoms with Gasteiger partial charge in [0.1, 0.15) is 12.6 Å². The number of nitrogens with one attached hydrogen (secondary N) is 1. The molecule has 5 rings (SSSR count). The number of benzene rings is 2. The summed E-state index contributed by atoms with van der Waals surface area (Å²) in [5, 5.41) is 12.3. The van der Waals surface area contributed by atoms with E-state index in [1.807, 2.05) is 24.3 Å². The minimum Gasteiger partial charge on any atom is -0.480 e. The SMILES string of the molecule is O=C(N[C@H]1CCO[C@H]1C(=O)N1CCSCC1C(=O)O)OCC1c2ccccc2-c2ccccc21. The first-order valence-corrected chi connectivity index (χ1v) is 12.5. The van der Waals surface area contributed by atoms with Gasteiger partial charge < -0.3 is 24.8 Å². The van der Waals surface area contributed by atoms with Gasteiger partial charge in [-0.05, 0) is 28.7 Å². The second kappa shape index (κ2) is 9.68. The fraction of sp³-hybridized carbons (Fsp3) is 0.400. The van der Waals surface area contributed by atoms with Crippen LogP contribution in [0.1, 0.15) is 23.5 Å². The summed E-state index contributed by atoms with van der Waals surface area (Å²) in [5.41, 5.74) is 4.54. The van der Waals surface area contributed by atoms with Gasteiger partial charge in [-0.15, -0.1) is 0 Å². The number of aliphatic carboxylic acids is 1. The van der Waals surface area contributed by atoms with Crippen molar-refractivity contribution in [2.45, 2.75) is 30.5 Å². The number of hydrogen-bond donors (Lipinski definition) is 2. The van der Waals surface area contributed by atoms with Gasteiger partial charge in [0, 0.05) is 30.6 Å². The number of ether oxygens (including phenoxy) is 2. The van der Waals surface area contributed by atoms with Crippen molar-refractivity contribution < 1.29 is 29.0 Å². The van der Waals surface area contributed by atoms with Gasteiger partial charge >= 0.3 is 12.1 Å². The summed E-state index contributed by atoms with van der Waals surface area (Å²) < 4.78 is 11.2. The molecular weight excluding hydrogens is 456 g/mol. The van der Waals surface area contributed by atoms with Crippen molar-refractivity contribution >= 4 is 29.7 Å². The van der Waals surface area contributed by atoms with Crippen LogP contribution < -0.4 is 5.32 Å². The molecule has 2 heterocycles. The highest BCUT2D eigenvalue weighted by molar-refractivity contribution is 7.99. The quantitative estimate of drug-likeness (QED) is 0.675. The molecule has 2 aromatic carbocycles. The summed E-state index contributed by atoms with van der Waals surface area (Å²) in [7, 11) is 0. The number of amides is 2. The molecule has 34 heavy (non-hydrogen) atoms. The number of carbonyl (C=O) groups is 3. The van der Waals surface area contributed by atoms with Crippen molar-refractivity contribution in [2.24, 2.45) is 0 Å². The Morgan fingerprint density at radius 3 is 2.44 bits per heavy atom. The average Bonchev–Trinajstić information content (AvgIpc) is 3.44. The summed E-state index contributed by atoms with van der Waals surface area (Å²) in [5.74, 6) is -0.461. The lowest BCUT2D eigenvalue weighted by Crippen LogP contribution is -2.57. The van der Waals surface area contributed by atoms with Gasteiger partial charge in [-0.25, -0.2) is 9.59 Å². The molecule has 2 fully saturated rings. The zero-order valence-electron chi connectivity index (χ0n) is 18.5. The summed E-state index contributed by atoms with van der Waals surface area (Å²) in [4.78, 5) is 38.7. The van der Waals surface area contributed by atoms with Crippen molar-refractivity contribution in [3.05, 3.63) is 59.7 Å². The van der Waals surface area contributed by atoms with Crippen LogP contribution in [0.2, 0.25) is 0 Å². The van der Waals surface area contributed by atoms with E-state index in [-0.39, 0.29) is 12.5 Å². The van der Waals surface area contributed by atoms with E-state index in [0.717, 1.165) is 22.3 Å². The van der Waals surface area contributed by atoms with Crippen molar-refractivity contribution in [1.29, 1.82) is 0 Å². The molecule has 8 nitrogen and oxygen atoms in total. The molecule has 0 radical (unpaired) electrons. The minimum atomic E-state index is -1.03. The Morgan fingerprint density at radius 2 is 1.76 bits per heavy atom. The van der Waals surface area contributed by atoms with Gasteiger partial charge in [-0.1, -0.05) is 48.5 Å². The number of carboxylic acids is 1. The van der Waals surface area contributed by atoms with Gasteiger partial charge in [-0.3, -0.25) is 4.79 Å². The monoisotopic (exact) mass is 482 g/mol. The number of carbonyl (C=O) groups excluding carboxylic acids is 2. The van der Waals surface area contributed by atoms with Crippen molar-refractivity contribution in [1.82, 2.24) is 10.2 Å². The highest BCUT2D eigenvalue weighted by Gasteiger charge is 2.42. The Kier molecular flexibility index (Phi) is 6.47.